The second-order valence-corrected chi connectivity index (χ2v) is 7.75. The lowest BCUT2D eigenvalue weighted by Crippen LogP contribution is -2.13. The number of anilines is 1. The minimum Gasteiger partial charge on any atom is -0.493 e. The summed E-state index contributed by atoms with van der Waals surface area (Å²) in [5.41, 5.74) is 1.93. The summed E-state index contributed by atoms with van der Waals surface area (Å²) in [6, 6.07) is 20.4. The van der Waals surface area contributed by atoms with Crippen molar-refractivity contribution in [2.45, 2.75) is 6.61 Å². The molecule has 3 aromatic carbocycles. The number of amides is 1. The van der Waals surface area contributed by atoms with E-state index in [0.29, 0.717) is 28.3 Å². The van der Waals surface area contributed by atoms with E-state index in [2.05, 4.69) is 21.2 Å². The molecular weight excluding hydrogens is 488 g/mol. The number of hydrogen-bond acceptors (Lipinski definition) is 5. The fourth-order valence-corrected chi connectivity index (χ4v) is 3.33. The highest BCUT2D eigenvalue weighted by Crippen LogP contribution is 2.30. The van der Waals surface area contributed by atoms with E-state index in [1.54, 1.807) is 48.5 Å². The van der Waals surface area contributed by atoms with Crippen LogP contribution in [0.15, 0.2) is 76.8 Å². The number of hydrogen-bond donors (Lipinski definition) is 2. The van der Waals surface area contributed by atoms with Crippen molar-refractivity contribution >= 4 is 39.6 Å². The Balaban J connectivity index is 1.75. The number of methoxy groups -OCH3 is 1. The number of carboxylic acid groups (broad SMARTS) is 1. The molecule has 3 rings (SSSR count). The number of rotatable bonds is 8. The van der Waals surface area contributed by atoms with Gasteiger partial charge in [0.1, 0.15) is 18.2 Å². The molecule has 0 bridgehead atoms. The third kappa shape index (κ3) is 6.45. The molecule has 7 nitrogen and oxygen atoms in total. The molecule has 0 saturated carbocycles. The van der Waals surface area contributed by atoms with E-state index >= 15 is 0 Å². The average Bonchev–Trinajstić information content (AvgIpc) is 2.81. The van der Waals surface area contributed by atoms with Crippen molar-refractivity contribution < 1.29 is 24.2 Å². The molecule has 0 fully saturated rings. The zero-order chi connectivity index (χ0) is 23.8. The van der Waals surface area contributed by atoms with E-state index in [-0.39, 0.29) is 17.7 Å². The van der Waals surface area contributed by atoms with Crippen molar-refractivity contribution in [3.05, 3.63) is 93.5 Å². The van der Waals surface area contributed by atoms with Crippen LogP contribution in [0.3, 0.4) is 0 Å². The molecule has 0 spiro atoms. The largest absolute Gasteiger partial charge is 0.493 e. The SMILES string of the molecule is COc1cc(/C=C(/C#N)C(=O)Nc2cccc(Br)c2)ccc1OCc1cccc(C(=O)O)c1. The summed E-state index contributed by atoms with van der Waals surface area (Å²) in [7, 11) is 1.48. The first-order chi connectivity index (χ1) is 15.9. The highest BCUT2D eigenvalue weighted by molar-refractivity contribution is 9.10. The second-order valence-electron chi connectivity index (χ2n) is 6.84. The molecule has 33 heavy (non-hydrogen) atoms. The van der Waals surface area contributed by atoms with E-state index in [1.165, 1.54) is 25.3 Å². The number of carboxylic acids is 1. The van der Waals surface area contributed by atoms with Gasteiger partial charge >= 0.3 is 5.97 Å². The summed E-state index contributed by atoms with van der Waals surface area (Å²) in [4.78, 5) is 23.6. The summed E-state index contributed by atoms with van der Waals surface area (Å²) in [5.74, 6) is -0.702. The quantitative estimate of drug-likeness (QED) is 0.317. The van der Waals surface area contributed by atoms with Crippen LogP contribution in [0.25, 0.3) is 6.08 Å². The molecule has 0 aliphatic rings. The van der Waals surface area contributed by atoms with Crippen molar-refractivity contribution in [2.75, 3.05) is 12.4 Å². The van der Waals surface area contributed by atoms with Crippen LogP contribution in [0.1, 0.15) is 21.5 Å². The normalized spacial score (nSPS) is 10.8. The Hall–Kier alpha value is -4.09. The summed E-state index contributed by atoms with van der Waals surface area (Å²) in [6.45, 7) is 0.144. The van der Waals surface area contributed by atoms with Gasteiger partial charge in [0.05, 0.1) is 12.7 Å². The maximum Gasteiger partial charge on any atom is 0.335 e. The molecular formula is C25H19BrN2O5. The number of nitriles is 1. The molecule has 2 N–H and O–H groups in total. The van der Waals surface area contributed by atoms with E-state index in [9.17, 15) is 14.9 Å². The lowest BCUT2D eigenvalue weighted by atomic mass is 10.1. The minimum atomic E-state index is -1.01. The van der Waals surface area contributed by atoms with E-state index < -0.39 is 11.9 Å². The molecule has 3 aromatic rings. The van der Waals surface area contributed by atoms with Gasteiger partial charge in [-0.2, -0.15) is 5.26 Å². The first-order valence-corrected chi connectivity index (χ1v) is 10.5. The summed E-state index contributed by atoms with van der Waals surface area (Å²) >= 11 is 3.34. The Bertz CT molecular complexity index is 1260. The van der Waals surface area contributed by atoms with Crippen LogP contribution in [0.2, 0.25) is 0 Å². The Kier molecular flexibility index (Phi) is 7.84. The van der Waals surface area contributed by atoms with Gasteiger partial charge in [0.2, 0.25) is 0 Å². The summed E-state index contributed by atoms with van der Waals surface area (Å²) < 4.78 is 12.0. The number of aromatic carboxylic acids is 1. The number of halogens is 1. The van der Waals surface area contributed by atoms with Crippen LogP contribution in [0.4, 0.5) is 5.69 Å². The maximum atomic E-state index is 12.5. The van der Waals surface area contributed by atoms with Gasteiger partial charge in [-0.3, -0.25) is 4.79 Å². The van der Waals surface area contributed by atoms with Gasteiger partial charge < -0.3 is 19.9 Å². The van der Waals surface area contributed by atoms with Crippen molar-refractivity contribution in [3.8, 4) is 17.6 Å². The molecule has 0 heterocycles. The van der Waals surface area contributed by atoms with Gasteiger partial charge in [0.15, 0.2) is 11.5 Å². The Labute approximate surface area is 199 Å². The van der Waals surface area contributed by atoms with E-state index in [1.807, 2.05) is 12.1 Å². The molecule has 0 saturated heterocycles. The van der Waals surface area contributed by atoms with Gasteiger partial charge in [0.25, 0.3) is 5.91 Å². The van der Waals surface area contributed by atoms with Gasteiger partial charge in [-0.1, -0.05) is 40.2 Å². The van der Waals surface area contributed by atoms with Gasteiger partial charge in [-0.05, 0) is 59.7 Å². The molecule has 0 atom stereocenters. The fourth-order valence-electron chi connectivity index (χ4n) is 2.93. The summed E-state index contributed by atoms with van der Waals surface area (Å²) in [5, 5.41) is 21.3. The molecule has 0 aliphatic carbocycles. The van der Waals surface area contributed by atoms with E-state index in [0.717, 1.165) is 4.47 Å². The third-order valence-corrected chi connectivity index (χ3v) is 5.01. The van der Waals surface area contributed by atoms with Crippen LogP contribution in [-0.4, -0.2) is 24.1 Å². The number of benzene rings is 3. The zero-order valence-electron chi connectivity index (χ0n) is 17.5. The van der Waals surface area contributed by atoms with Crippen LogP contribution < -0.4 is 14.8 Å². The predicted molar refractivity (Wildman–Crippen MR) is 127 cm³/mol. The zero-order valence-corrected chi connectivity index (χ0v) is 19.1. The highest BCUT2D eigenvalue weighted by Gasteiger charge is 2.12. The molecule has 8 heteroatoms. The molecule has 0 unspecified atom stereocenters. The number of nitrogens with zero attached hydrogens (tertiary/aromatic N) is 1. The molecule has 0 aromatic heterocycles. The van der Waals surface area contributed by atoms with Gasteiger partial charge in [-0.15, -0.1) is 0 Å². The number of carbonyl (C=O) groups is 2. The van der Waals surface area contributed by atoms with Crippen molar-refractivity contribution in [3.63, 3.8) is 0 Å². The Morgan fingerprint density at radius 2 is 1.88 bits per heavy atom. The smallest absolute Gasteiger partial charge is 0.335 e. The average molecular weight is 507 g/mol. The maximum absolute atomic E-state index is 12.5. The van der Waals surface area contributed by atoms with Gasteiger partial charge in [-0.25, -0.2) is 4.79 Å². The van der Waals surface area contributed by atoms with Crippen molar-refractivity contribution in [1.29, 1.82) is 5.26 Å². The van der Waals surface area contributed by atoms with Gasteiger partial charge in [0, 0.05) is 10.2 Å². The minimum absolute atomic E-state index is 0.0730. The Morgan fingerprint density at radius 3 is 2.58 bits per heavy atom. The van der Waals surface area contributed by atoms with Crippen molar-refractivity contribution in [1.82, 2.24) is 0 Å². The van der Waals surface area contributed by atoms with Crippen LogP contribution in [0, 0.1) is 11.3 Å². The third-order valence-electron chi connectivity index (χ3n) is 4.51. The first kappa shape index (κ1) is 23.6. The lowest BCUT2D eigenvalue weighted by Gasteiger charge is -2.12. The van der Waals surface area contributed by atoms with Crippen LogP contribution in [0.5, 0.6) is 11.5 Å². The Morgan fingerprint density at radius 1 is 1.09 bits per heavy atom. The molecule has 0 radical (unpaired) electrons. The number of carbonyl (C=O) groups excluding carboxylic acids is 1. The number of ether oxygens (including phenoxy) is 2. The second kappa shape index (κ2) is 11.0. The highest BCUT2D eigenvalue weighted by atomic mass is 79.9. The number of nitrogens with one attached hydrogen (secondary N) is 1. The summed E-state index contributed by atoms with van der Waals surface area (Å²) in [6.07, 6.45) is 1.45. The molecule has 166 valence electrons. The topological polar surface area (TPSA) is 109 Å². The molecule has 0 aliphatic heterocycles. The predicted octanol–water partition coefficient (Wildman–Crippen LogP) is 5.28. The first-order valence-electron chi connectivity index (χ1n) is 9.71. The van der Waals surface area contributed by atoms with Crippen LogP contribution >= 0.6 is 15.9 Å². The monoisotopic (exact) mass is 506 g/mol. The standard InChI is InChI=1S/C25H19BrN2O5/c1-32-23-12-16(10-19(14-27)24(29)28-21-7-3-6-20(26)13-21)8-9-22(23)33-15-17-4-2-5-18(11-17)25(30)31/h2-13H,15H2,1H3,(H,28,29)(H,30,31)/b19-10-. The molecule has 1 amide bonds. The van der Waals surface area contributed by atoms with E-state index in [4.69, 9.17) is 14.6 Å². The van der Waals surface area contributed by atoms with Crippen LogP contribution in [-0.2, 0) is 11.4 Å². The fraction of sp³-hybridized carbons (Fsp3) is 0.0800. The lowest BCUT2D eigenvalue weighted by molar-refractivity contribution is -0.112. The van der Waals surface area contributed by atoms with Crippen molar-refractivity contribution in [2.24, 2.45) is 0 Å².